The standard InChI is InChI=1S/C15H14ClN5O/c1-9-12(7-18-20(9)2)15(22)21-14(17)13(8-19-21)10-4-3-5-11(16)6-10/h3-8H,17H2,1-2H3. The molecule has 0 unspecified atom stereocenters. The maximum absolute atomic E-state index is 12.6. The summed E-state index contributed by atoms with van der Waals surface area (Å²) in [6.07, 6.45) is 3.07. The summed E-state index contributed by atoms with van der Waals surface area (Å²) in [7, 11) is 1.77. The summed E-state index contributed by atoms with van der Waals surface area (Å²) >= 11 is 5.99. The van der Waals surface area contributed by atoms with Crippen molar-refractivity contribution in [3.05, 3.63) is 52.9 Å². The lowest BCUT2D eigenvalue weighted by Crippen LogP contribution is -2.17. The lowest BCUT2D eigenvalue weighted by Gasteiger charge is -2.04. The van der Waals surface area contributed by atoms with Crippen LogP contribution in [0.25, 0.3) is 11.1 Å². The fourth-order valence-corrected chi connectivity index (χ4v) is 2.41. The van der Waals surface area contributed by atoms with E-state index in [0.29, 0.717) is 16.1 Å². The first-order chi connectivity index (χ1) is 10.5. The van der Waals surface area contributed by atoms with Gasteiger partial charge in [-0.1, -0.05) is 23.7 Å². The van der Waals surface area contributed by atoms with Crippen molar-refractivity contribution in [1.29, 1.82) is 0 Å². The normalized spacial score (nSPS) is 10.9. The van der Waals surface area contributed by atoms with Gasteiger partial charge >= 0.3 is 0 Å². The first-order valence-electron chi connectivity index (χ1n) is 6.61. The molecule has 0 saturated carbocycles. The predicted molar refractivity (Wildman–Crippen MR) is 84.8 cm³/mol. The van der Waals surface area contributed by atoms with Gasteiger partial charge in [0.2, 0.25) is 0 Å². The molecule has 0 fully saturated rings. The van der Waals surface area contributed by atoms with Crippen LogP contribution in [0.5, 0.6) is 0 Å². The average Bonchev–Trinajstić information content (AvgIpc) is 3.03. The minimum atomic E-state index is -0.309. The van der Waals surface area contributed by atoms with Crippen molar-refractivity contribution < 1.29 is 4.79 Å². The minimum absolute atomic E-state index is 0.274. The molecule has 6 nitrogen and oxygen atoms in total. The Bertz CT molecular complexity index is 865. The number of carbonyl (C=O) groups is 1. The number of halogens is 1. The zero-order valence-electron chi connectivity index (χ0n) is 12.1. The molecule has 1 aromatic carbocycles. The molecule has 0 bridgehead atoms. The second-order valence-electron chi connectivity index (χ2n) is 4.94. The van der Waals surface area contributed by atoms with Crippen molar-refractivity contribution in [3.8, 4) is 11.1 Å². The van der Waals surface area contributed by atoms with Gasteiger partial charge in [0, 0.05) is 23.3 Å². The number of nitrogens with two attached hydrogens (primary N) is 1. The molecule has 0 radical (unpaired) electrons. The summed E-state index contributed by atoms with van der Waals surface area (Å²) < 4.78 is 2.81. The van der Waals surface area contributed by atoms with E-state index in [1.807, 2.05) is 19.1 Å². The topological polar surface area (TPSA) is 78.7 Å². The summed E-state index contributed by atoms with van der Waals surface area (Å²) in [5, 5.41) is 8.77. The van der Waals surface area contributed by atoms with Gasteiger partial charge in [0.1, 0.15) is 5.82 Å². The van der Waals surface area contributed by atoms with Gasteiger partial charge in [0.05, 0.1) is 18.0 Å². The molecule has 0 aliphatic heterocycles. The number of nitrogens with zero attached hydrogens (tertiary/aromatic N) is 4. The number of anilines is 1. The molecule has 2 N–H and O–H groups in total. The van der Waals surface area contributed by atoms with Gasteiger partial charge < -0.3 is 5.73 Å². The molecular weight excluding hydrogens is 302 g/mol. The van der Waals surface area contributed by atoms with E-state index in [0.717, 1.165) is 11.3 Å². The van der Waals surface area contributed by atoms with Crippen molar-refractivity contribution in [2.24, 2.45) is 7.05 Å². The largest absolute Gasteiger partial charge is 0.383 e. The zero-order chi connectivity index (χ0) is 15.9. The van der Waals surface area contributed by atoms with E-state index in [1.165, 1.54) is 10.9 Å². The number of hydrogen-bond acceptors (Lipinski definition) is 4. The molecule has 7 heteroatoms. The smallest absolute Gasteiger partial charge is 0.283 e. The highest BCUT2D eigenvalue weighted by molar-refractivity contribution is 6.30. The summed E-state index contributed by atoms with van der Waals surface area (Å²) in [4.78, 5) is 12.6. The second-order valence-corrected chi connectivity index (χ2v) is 5.37. The second kappa shape index (κ2) is 5.31. The number of rotatable bonds is 2. The van der Waals surface area contributed by atoms with Crippen molar-refractivity contribution >= 4 is 23.3 Å². The van der Waals surface area contributed by atoms with Crippen LogP contribution >= 0.6 is 11.6 Å². The van der Waals surface area contributed by atoms with Gasteiger partial charge in [0.15, 0.2) is 0 Å². The van der Waals surface area contributed by atoms with Crippen LogP contribution in [0.15, 0.2) is 36.7 Å². The molecule has 0 amide bonds. The first-order valence-corrected chi connectivity index (χ1v) is 6.99. The molecule has 112 valence electrons. The van der Waals surface area contributed by atoms with Crippen LogP contribution in [0.3, 0.4) is 0 Å². The van der Waals surface area contributed by atoms with Crippen LogP contribution in [0, 0.1) is 6.92 Å². The average molecular weight is 316 g/mol. The van der Waals surface area contributed by atoms with E-state index in [4.69, 9.17) is 17.3 Å². The molecule has 2 aromatic heterocycles. The number of carbonyl (C=O) groups excluding carboxylic acids is 1. The molecule has 0 aliphatic rings. The van der Waals surface area contributed by atoms with E-state index >= 15 is 0 Å². The highest BCUT2D eigenvalue weighted by atomic mass is 35.5. The van der Waals surface area contributed by atoms with Crippen molar-refractivity contribution in [2.45, 2.75) is 6.92 Å². The maximum atomic E-state index is 12.6. The Morgan fingerprint density at radius 3 is 2.68 bits per heavy atom. The Balaban J connectivity index is 2.04. The molecule has 0 aliphatic carbocycles. The van der Waals surface area contributed by atoms with E-state index in [2.05, 4.69) is 10.2 Å². The SMILES string of the molecule is Cc1c(C(=O)n2ncc(-c3cccc(Cl)c3)c2N)cnn1C. The number of benzene rings is 1. The van der Waals surface area contributed by atoms with Gasteiger partial charge in [-0.05, 0) is 24.6 Å². The van der Waals surface area contributed by atoms with E-state index in [9.17, 15) is 4.79 Å². The lowest BCUT2D eigenvalue weighted by molar-refractivity contribution is 0.0947. The summed E-state index contributed by atoms with van der Waals surface area (Å²) in [5.74, 6) is -0.0353. The van der Waals surface area contributed by atoms with Crippen molar-refractivity contribution in [1.82, 2.24) is 19.6 Å². The molecule has 0 atom stereocenters. The van der Waals surface area contributed by atoms with Crippen LogP contribution in [0.2, 0.25) is 5.02 Å². The predicted octanol–water partition coefficient (Wildman–Crippen LogP) is 2.52. The Hall–Kier alpha value is -2.60. The Morgan fingerprint density at radius 1 is 1.27 bits per heavy atom. The van der Waals surface area contributed by atoms with E-state index < -0.39 is 0 Å². The van der Waals surface area contributed by atoms with Gasteiger partial charge in [-0.2, -0.15) is 14.9 Å². The quantitative estimate of drug-likeness (QED) is 0.788. The Morgan fingerprint density at radius 2 is 2.05 bits per heavy atom. The Labute approximate surface area is 132 Å². The summed E-state index contributed by atoms with van der Waals surface area (Å²) in [6, 6.07) is 7.24. The summed E-state index contributed by atoms with van der Waals surface area (Å²) in [5.41, 5.74) is 8.79. The monoisotopic (exact) mass is 315 g/mol. The fraction of sp³-hybridized carbons (Fsp3) is 0.133. The van der Waals surface area contributed by atoms with Crippen LogP contribution < -0.4 is 5.73 Å². The number of hydrogen-bond donors (Lipinski definition) is 1. The highest BCUT2D eigenvalue weighted by Gasteiger charge is 2.20. The van der Waals surface area contributed by atoms with Gasteiger partial charge in [0.25, 0.3) is 5.91 Å². The van der Waals surface area contributed by atoms with Crippen LogP contribution in [-0.4, -0.2) is 25.5 Å². The molecule has 3 rings (SSSR count). The van der Waals surface area contributed by atoms with Gasteiger partial charge in [-0.15, -0.1) is 0 Å². The maximum Gasteiger partial charge on any atom is 0.283 e. The fourth-order valence-electron chi connectivity index (χ4n) is 2.22. The van der Waals surface area contributed by atoms with Crippen LogP contribution in [0.1, 0.15) is 16.1 Å². The van der Waals surface area contributed by atoms with Crippen molar-refractivity contribution in [3.63, 3.8) is 0 Å². The third-order valence-corrected chi connectivity index (χ3v) is 3.84. The van der Waals surface area contributed by atoms with E-state index in [-0.39, 0.29) is 11.7 Å². The molecule has 0 saturated heterocycles. The molecule has 2 heterocycles. The number of nitrogen functional groups attached to an aromatic ring is 1. The number of aryl methyl sites for hydroxylation is 1. The third kappa shape index (κ3) is 2.27. The van der Waals surface area contributed by atoms with Crippen LogP contribution in [0.4, 0.5) is 5.82 Å². The molecule has 0 spiro atoms. The highest BCUT2D eigenvalue weighted by Crippen LogP contribution is 2.28. The Kier molecular flexibility index (Phi) is 3.46. The number of aromatic nitrogens is 4. The van der Waals surface area contributed by atoms with Crippen molar-refractivity contribution in [2.75, 3.05) is 5.73 Å². The zero-order valence-corrected chi connectivity index (χ0v) is 12.9. The van der Waals surface area contributed by atoms with Crippen LogP contribution in [-0.2, 0) is 7.05 Å². The van der Waals surface area contributed by atoms with Gasteiger partial charge in [-0.25, -0.2) is 0 Å². The lowest BCUT2D eigenvalue weighted by atomic mass is 10.1. The summed E-state index contributed by atoms with van der Waals surface area (Å²) in [6.45, 7) is 1.82. The molecular formula is C15H14ClN5O. The minimum Gasteiger partial charge on any atom is -0.383 e. The van der Waals surface area contributed by atoms with E-state index in [1.54, 1.807) is 30.1 Å². The first kappa shape index (κ1) is 14.3. The molecule has 22 heavy (non-hydrogen) atoms. The molecule has 3 aromatic rings. The third-order valence-electron chi connectivity index (χ3n) is 3.60. The van der Waals surface area contributed by atoms with Gasteiger partial charge in [-0.3, -0.25) is 9.48 Å².